The van der Waals surface area contributed by atoms with Gasteiger partial charge >= 0.3 is 0 Å². The molecule has 1 saturated heterocycles. The maximum absolute atomic E-state index is 12.5. The first kappa shape index (κ1) is 14.6. The molecule has 0 bridgehead atoms. The Labute approximate surface area is 136 Å². The largest absolute Gasteiger partial charge is 0.306 e. The average Bonchev–Trinajstić information content (AvgIpc) is 2.97. The summed E-state index contributed by atoms with van der Waals surface area (Å²) in [4.78, 5) is 19.1. The Kier molecular flexibility index (Phi) is 3.73. The molecule has 0 aromatic carbocycles. The number of rotatable bonds is 2. The lowest BCUT2D eigenvalue weighted by atomic mass is 9.92. The summed E-state index contributed by atoms with van der Waals surface area (Å²) >= 11 is 0. The fourth-order valence-electron chi connectivity index (χ4n) is 3.79. The number of fused-ring (bicyclic) bond motifs is 1. The van der Waals surface area contributed by atoms with Crippen LogP contribution < -0.4 is 0 Å². The molecule has 0 atom stereocenters. The number of likely N-dealkylation sites (tertiary alicyclic amines) is 1. The van der Waals surface area contributed by atoms with E-state index in [0.717, 1.165) is 61.3 Å². The molecule has 2 aromatic rings. The van der Waals surface area contributed by atoms with Gasteiger partial charge in [0.05, 0.1) is 17.3 Å². The lowest BCUT2D eigenvalue weighted by Crippen LogP contribution is -2.32. The zero-order valence-electron chi connectivity index (χ0n) is 13.5. The van der Waals surface area contributed by atoms with E-state index in [-0.39, 0.29) is 5.78 Å². The number of aromatic nitrogens is 3. The number of hydrogen-bond donors (Lipinski definition) is 0. The number of pyridine rings is 1. The molecule has 1 fully saturated rings. The van der Waals surface area contributed by atoms with E-state index < -0.39 is 0 Å². The van der Waals surface area contributed by atoms with Crippen LogP contribution in [0.3, 0.4) is 0 Å². The van der Waals surface area contributed by atoms with Crippen LogP contribution >= 0.6 is 0 Å². The van der Waals surface area contributed by atoms with Crippen LogP contribution in [0.2, 0.25) is 0 Å². The molecule has 0 N–H and O–H groups in total. The monoisotopic (exact) mass is 310 g/mol. The van der Waals surface area contributed by atoms with Gasteiger partial charge in [-0.1, -0.05) is 0 Å². The van der Waals surface area contributed by atoms with Crippen LogP contribution in [0.5, 0.6) is 0 Å². The van der Waals surface area contributed by atoms with Gasteiger partial charge in [0, 0.05) is 24.4 Å². The minimum atomic E-state index is 0.240. The maximum Gasteiger partial charge on any atom is 0.166 e. The maximum atomic E-state index is 12.5. The van der Waals surface area contributed by atoms with Crippen LogP contribution in [0, 0.1) is 0 Å². The fourth-order valence-corrected chi connectivity index (χ4v) is 3.79. The molecule has 3 heterocycles. The number of nitrogens with zero attached hydrogens (tertiary/aromatic N) is 4. The molecule has 0 radical (unpaired) electrons. The van der Waals surface area contributed by atoms with E-state index in [1.54, 1.807) is 6.20 Å². The molecule has 5 nitrogen and oxygen atoms in total. The van der Waals surface area contributed by atoms with E-state index in [1.807, 2.05) is 18.3 Å². The van der Waals surface area contributed by atoms with Crippen molar-refractivity contribution in [2.24, 2.45) is 0 Å². The first-order chi connectivity index (χ1) is 11.2. The lowest BCUT2D eigenvalue weighted by Gasteiger charge is -2.30. The molecule has 0 amide bonds. The second-order valence-corrected chi connectivity index (χ2v) is 6.67. The third-order valence-electron chi connectivity index (χ3n) is 5.07. The minimum absolute atomic E-state index is 0.240. The highest BCUT2D eigenvalue weighted by atomic mass is 16.1. The number of carbonyl (C=O) groups excluding carboxylic acids is 1. The standard InChI is InChI=1S/C18H22N4O/c1-21-10-7-14(8-11-21)22-15-5-2-6-16(23)17(15)18(20-22)13-4-3-9-19-12-13/h3-4,9,12,14H,2,5-8,10-11H2,1H3. The molecule has 5 heteroatoms. The molecule has 2 aromatic heterocycles. The van der Waals surface area contributed by atoms with E-state index in [1.165, 1.54) is 0 Å². The Morgan fingerprint density at radius 3 is 2.78 bits per heavy atom. The van der Waals surface area contributed by atoms with Crippen molar-refractivity contribution >= 4 is 5.78 Å². The number of hydrogen-bond acceptors (Lipinski definition) is 4. The van der Waals surface area contributed by atoms with E-state index in [2.05, 4.69) is 21.6 Å². The third kappa shape index (κ3) is 2.59. The molecular formula is C18H22N4O. The molecule has 1 aliphatic heterocycles. The number of carbonyl (C=O) groups is 1. The zero-order valence-corrected chi connectivity index (χ0v) is 13.5. The van der Waals surface area contributed by atoms with Crippen molar-refractivity contribution in [1.82, 2.24) is 19.7 Å². The SMILES string of the molecule is CN1CCC(n2nc(-c3cccnc3)c3c2CCCC3=O)CC1. The summed E-state index contributed by atoms with van der Waals surface area (Å²) in [6.45, 7) is 2.19. The first-order valence-corrected chi connectivity index (χ1v) is 8.47. The Bertz CT molecular complexity index is 714. The van der Waals surface area contributed by atoms with E-state index in [9.17, 15) is 4.79 Å². The first-order valence-electron chi connectivity index (χ1n) is 8.47. The summed E-state index contributed by atoms with van der Waals surface area (Å²) < 4.78 is 2.17. The van der Waals surface area contributed by atoms with Gasteiger partial charge in [-0.25, -0.2) is 0 Å². The van der Waals surface area contributed by atoms with Crippen molar-refractivity contribution in [2.75, 3.05) is 20.1 Å². The summed E-state index contributed by atoms with van der Waals surface area (Å²) in [6, 6.07) is 4.32. The normalized spacial score (nSPS) is 19.8. The van der Waals surface area contributed by atoms with Gasteiger partial charge in [-0.15, -0.1) is 0 Å². The predicted octanol–water partition coefficient (Wildman–Crippen LogP) is 2.73. The van der Waals surface area contributed by atoms with E-state index >= 15 is 0 Å². The summed E-state index contributed by atoms with van der Waals surface area (Å²) in [5.74, 6) is 0.240. The molecule has 0 spiro atoms. The Morgan fingerprint density at radius 1 is 1.22 bits per heavy atom. The molecule has 23 heavy (non-hydrogen) atoms. The summed E-state index contributed by atoms with van der Waals surface area (Å²) in [5.41, 5.74) is 3.78. The van der Waals surface area contributed by atoms with Crippen LogP contribution in [-0.2, 0) is 6.42 Å². The van der Waals surface area contributed by atoms with Gasteiger partial charge in [-0.2, -0.15) is 5.10 Å². The molecule has 2 aliphatic rings. The van der Waals surface area contributed by atoms with Crippen LogP contribution in [0.1, 0.15) is 47.8 Å². The second-order valence-electron chi connectivity index (χ2n) is 6.67. The number of piperidine rings is 1. The second kappa shape index (κ2) is 5.89. The van der Waals surface area contributed by atoms with Gasteiger partial charge in [0.25, 0.3) is 0 Å². The van der Waals surface area contributed by atoms with Crippen LogP contribution in [0.25, 0.3) is 11.3 Å². The summed E-state index contributed by atoms with van der Waals surface area (Å²) in [7, 11) is 2.17. The highest BCUT2D eigenvalue weighted by Gasteiger charge is 2.31. The van der Waals surface area contributed by atoms with Crippen molar-refractivity contribution in [1.29, 1.82) is 0 Å². The molecule has 120 valence electrons. The molecule has 4 rings (SSSR count). The van der Waals surface area contributed by atoms with Gasteiger partial charge < -0.3 is 4.90 Å². The average molecular weight is 310 g/mol. The molecule has 1 aliphatic carbocycles. The fraction of sp³-hybridized carbons (Fsp3) is 0.500. The van der Waals surface area contributed by atoms with Crippen molar-refractivity contribution in [3.8, 4) is 11.3 Å². The van der Waals surface area contributed by atoms with Crippen LogP contribution in [-0.4, -0.2) is 45.6 Å². The smallest absolute Gasteiger partial charge is 0.166 e. The van der Waals surface area contributed by atoms with Crippen molar-refractivity contribution in [2.45, 2.75) is 38.1 Å². The quantitative estimate of drug-likeness (QED) is 0.856. The molecular weight excluding hydrogens is 288 g/mol. The Hall–Kier alpha value is -2.01. The molecule has 0 unspecified atom stereocenters. The molecule has 0 saturated carbocycles. The number of ketones is 1. The minimum Gasteiger partial charge on any atom is -0.306 e. The van der Waals surface area contributed by atoms with Gasteiger partial charge in [0.15, 0.2) is 5.78 Å². The van der Waals surface area contributed by atoms with Gasteiger partial charge in [-0.05, 0) is 58.0 Å². The van der Waals surface area contributed by atoms with Gasteiger partial charge in [0.1, 0.15) is 5.69 Å². The Morgan fingerprint density at radius 2 is 2.04 bits per heavy atom. The van der Waals surface area contributed by atoms with Crippen molar-refractivity contribution in [3.05, 3.63) is 35.8 Å². The summed E-state index contributed by atoms with van der Waals surface area (Å²) in [6.07, 6.45) is 8.31. The lowest BCUT2D eigenvalue weighted by molar-refractivity contribution is 0.0971. The number of Topliss-reactive ketones (excluding diaryl/α,β-unsaturated/α-hetero) is 1. The van der Waals surface area contributed by atoms with Crippen molar-refractivity contribution in [3.63, 3.8) is 0 Å². The summed E-state index contributed by atoms with van der Waals surface area (Å²) in [5, 5.41) is 4.90. The van der Waals surface area contributed by atoms with E-state index in [0.29, 0.717) is 12.5 Å². The highest BCUT2D eigenvalue weighted by Crippen LogP contribution is 2.34. The van der Waals surface area contributed by atoms with Crippen LogP contribution in [0.4, 0.5) is 0 Å². The van der Waals surface area contributed by atoms with Gasteiger partial charge in [0.2, 0.25) is 0 Å². The highest BCUT2D eigenvalue weighted by molar-refractivity contribution is 6.03. The zero-order chi connectivity index (χ0) is 15.8. The van der Waals surface area contributed by atoms with E-state index in [4.69, 9.17) is 5.10 Å². The third-order valence-corrected chi connectivity index (χ3v) is 5.07. The van der Waals surface area contributed by atoms with Crippen molar-refractivity contribution < 1.29 is 4.79 Å². The van der Waals surface area contributed by atoms with Gasteiger partial charge in [-0.3, -0.25) is 14.5 Å². The Balaban J connectivity index is 1.80. The topological polar surface area (TPSA) is 51.0 Å². The predicted molar refractivity (Wildman–Crippen MR) is 88.5 cm³/mol. The van der Waals surface area contributed by atoms with Crippen LogP contribution in [0.15, 0.2) is 24.5 Å².